The first-order chi connectivity index (χ1) is 6.63. The Morgan fingerprint density at radius 3 is 2.71 bits per heavy atom. The molecule has 0 aliphatic carbocycles. The third-order valence-corrected chi connectivity index (χ3v) is 3.12. The number of nitrogens with two attached hydrogens (primary N) is 1. The van der Waals surface area contributed by atoms with Crippen LogP contribution in [0.2, 0.25) is 0 Å². The molecule has 2 nitrogen and oxygen atoms in total. The van der Waals surface area contributed by atoms with E-state index in [1.165, 1.54) is 0 Å². The van der Waals surface area contributed by atoms with Gasteiger partial charge in [-0.1, -0.05) is 22.9 Å². The minimum Gasteiger partial charge on any atom is -0.384 e. The van der Waals surface area contributed by atoms with Gasteiger partial charge in [-0.2, -0.15) is 0 Å². The Kier molecular flexibility index (Phi) is 4.92. The van der Waals surface area contributed by atoms with E-state index in [0.717, 1.165) is 21.2 Å². The Morgan fingerprint density at radius 1 is 1.43 bits per heavy atom. The van der Waals surface area contributed by atoms with Crippen molar-refractivity contribution in [3.8, 4) is 0 Å². The highest BCUT2D eigenvalue weighted by Gasteiger charge is 2.02. The van der Waals surface area contributed by atoms with Gasteiger partial charge in [0.05, 0.1) is 0 Å². The largest absolute Gasteiger partial charge is 0.384 e. The van der Waals surface area contributed by atoms with Crippen LogP contribution in [0.1, 0.15) is 6.92 Å². The molecular weight excluding hydrogens is 308 g/mol. The molecule has 1 unspecified atom stereocenters. The molecule has 1 aromatic rings. The molecule has 0 saturated carbocycles. The standard InChI is InChI=1S/C10H14Br2N2/c1-7(5-13)6-14-10-3-2-8(11)4-9(10)12/h2-4,7,14H,5-6,13H2,1H3. The summed E-state index contributed by atoms with van der Waals surface area (Å²) in [4.78, 5) is 0. The summed E-state index contributed by atoms with van der Waals surface area (Å²) in [6.45, 7) is 3.73. The number of rotatable bonds is 4. The van der Waals surface area contributed by atoms with Crippen LogP contribution in [0.25, 0.3) is 0 Å². The summed E-state index contributed by atoms with van der Waals surface area (Å²) in [5.74, 6) is 0.491. The normalized spacial score (nSPS) is 12.6. The Hall–Kier alpha value is -0.0600. The average Bonchev–Trinajstić information content (AvgIpc) is 2.16. The summed E-state index contributed by atoms with van der Waals surface area (Å²) < 4.78 is 2.14. The molecule has 0 bridgehead atoms. The van der Waals surface area contributed by atoms with Crippen molar-refractivity contribution in [3.63, 3.8) is 0 Å². The summed E-state index contributed by atoms with van der Waals surface area (Å²) in [5.41, 5.74) is 6.64. The van der Waals surface area contributed by atoms with E-state index in [1.807, 2.05) is 18.2 Å². The second-order valence-corrected chi connectivity index (χ2v) is 5.12. The Bertz CT molecular complexity index is 302. The number of nitrogens with one attached hydrogen (secondary N) is 1. The van der Waals surface area contributed by atoms with Crippen LogP contribution in [-0.4, -0.2) is 13.1 Å². The molecule has 0 heterocycles. The molecule has 0 radical (unpaired) electrons. The van der Waals surface area contributed by atoms with E-state index < -0.39 is 0 Å². The molecule has 0 fully saturated rings. The van der Waals surface area contributed by atoms with Crippen molar-refractivity contribution < 1.29 is 0 Å². The number of hydrogen-bond donors (Lipinski definition) is 2. The van der Waals surface area contributed by atoms with Crippen LogP contribution in [0.15, 0.2) is 27.1 Å². The molecule has 0 aromatic heterocycles. The van der Waals surface area contributed by atoms with E-state index >= 15 is 0 Å². The van der Waals surface area contributed by atoms with Crippen molar-refractivity contribution in [2.24, 2.45) is 11.7 Å². The lowest BCUT2D eigenvalue weighted by molar-refractivity contribution is 0.628. The lowest BCUT2D eigenvalue weighted by Crippen LogP contribution is -2.19. The van der Waals surface area contributed by atoms with Gasteiger partial charge in [-0.25, -0.2) is 0 Å². The first-order valence-corrected chi connectivity index (χ1v) is 6.11. The van der Waals surface area contributed by atoms with E-state index in [-0.39, 0.29) is 0 Å². The van der Waals surface area contributed by atoms with Gasteiger partial charge in [0.1, 0.15) is 0 Å². The average molecular weight is 322 g/mol. The Labute approximate surface area is 102 Å². The number of halogens is 2. The van der Waals surface area contributed by atoms with Gasteiger partial charge in [-0.15, -0.1) is 0 Å². The minimum absolute atomic E-state index is 0.491. The molecule has 0 amide bonds. The van der Waals surface area contributed by atoms with Crippen LogP contribution in [0, 0.1) is 5.92 Å². The van der Waals surface area contributed by atoms with Crippen LogP contribution < -0.4 is 11.1 Å². The van der Waals surface area contributed by atoms with Gasteiger partial charge < -0.3 is 11.1 Å². The van der Waals surface area contributed by atoms with E-state index in [1.54, 1.807) is 0 Å². The van der Waals surface area contributed by atoms with E-state index in [2.05, 4.69) is 44.1 Å². The van der Waals surface area contributed by atoms with E-state index in [0.29, 0.717) is 12.5 Å². The summed E-state index contributed by atoms with van der Waals surface area (Å²) >= 11 is 6.91. The van der Waals surface area contributed by atoms with Crippen molar-refractivity contribution in [1.82, 2.24) is 0 Å². The van der Waals surface area contributed by atoms with Crippen molar-refractivity contribution in [2.45, 2.75) is 6.92 Å². The predicted octanol–water partition coefficient (Wildman–Crippen LogP) is 3.22. The summed E-state index contributed by atoms with van der Waals surface area (Å²) in [6.07, 6.45) is 0. The molecular formula is C10H14Br2N2. The maximum Gasteiger partial charge on any atom is 0.0485 e. The highest BCUT2D eigenvalue weighted by Crippen LogP contribution is 2.26. The van der Waals surface area contributed by atoms with Crippen molar-refractivity contribution in [1.29, 1.82) is 0 Å². The zero-order valence-corrected chi connectivity index (χ0v) is 11.2. The molecule has 78 valence electrons. The quantitative estimate of drug-likeness (QED) is 0.893. The monoisotopic (exact) mass is 320 g/mol. The predicted molar refractivity (Wildman–Crippen MR) is 68.6 cm³/mol. The molecule has 0 spiro atoms. The fourth-order valence-electron chi connectivity index (χ4n) is 1.00. The van der Waals surface area contributed by atoms with Gasteiger partial charge in [0, 0.05) is 21.2 Å². The highest BCUT2D eigenvalue weighted by molar-refractivity contribution is 9.11. The van der Waals surface area contributed by atoms with Gasteiger partial charge in [0.2, 0.25) is 0 Å². The summed E-state index contributed by atoms with van der Waals surface area (Å²) in [6, 6.07) is 6.08. The maximum absolute atomic E-state index is 5.54. The van der Waals surface area contributed by atoms with Crippen LogP contribution >= 0.6 is 31.9 Å². The second-order valence-electron chi connectivity index (χ2n) is 3.35. The van der Waals surface area contributed by atoms with E-state index in [4.69, 9.17) is 5.73 Å². The third kappa shape index (κ3) is 3.59. The molecule has 14 heavy (non-hydrogen) atoms. The lowest BCUT2D eigenvalue weighted by atomic mass is 10.2. The number of anilines is 1. The van der Waals surface area contributed by atoms with Crippen molar-refractivity contribution >= 4 is 37.5 Å². The topological polar surface area (TPSA) is 38.0 Å². The molecule has 1 atom stereocenters. The minimum atomic E-state index is 0.491. The third-order valence-electron chi connectivity index (χ3n) is 1.97. The second kappa shape index (κ2) is 5.73. The van der Waals surface area contributed by atoms with Gasteiger partial charge in [-0.05, 0) is 46.6 Å². The first-order valence-electron chi connectivity index (χ1n) is 4.52. The van der Waals surface area contributed by atoms with Gasteiger partial charge in [0.25, 0.3) is 0 Å². The molecule has 0 aliphatic heterocycles. The van der Waals surface area contributed by atoms with Crippen molar-refractivity contribution in [3.05, 3.63) is 27.1 Å². The van der Waals surface area contributed by atoms with Crippen LogP contribution in [0.5, 0.6) is 0 Å². The first kappa shape index (κ1) is 12.0. The van der Waals surface area contributed by atoms with Crippen LogP contribution in [-0.2, 0) is 0 Å². The van der Waals surface area contributed by atoms with Crippen molar-refractivity contribution in [2.75, 3.05) is 18.4 Å². The zero-order chi connectivity index (χ0) is 10.6. The molecule has 0 saturated heterocycles. The molecule has 4 heteroatoms. The number of hydrogen-bond acceptors (Lipinski definition) is 2. The van der Waals surface area contributed by atoms with Gasteiger partial charge in [-0.3, -0.25) is 0 Å². The highest BCUT2D eigenvalue weighted by atomic mass is 79.9. The van der Waals surface area contributed by atoms with Crippen LogP contribution in [0.3, 0.4) is 0 Å². The van der Waals surface area contributed by atoms with E-state index in [9.17, 15) is 0 Å². The Morgan fingerprint density at radius 2 is 2.14 bits per heavy atom. The molecule has 1 aromatic carbocycles. The summed E-state index contributed by atoms with van der Waals surface area (Å²) in [7, 11) is 0. The SMILES string of the molecule is CC(CN)CNc1ccc(Br)cc1Br. The van der Waals surface area contributed by atoms with Crippen LogP contribution in [0.4, 0.5) is 5.69 Å². The zero-order valence-electron chi connectivity index (χ0n) is 8.06. The fourth-order valence-corrected chi connectivity index (χ4v) is 2.19. The molecule has 3 N–H and O–H groups in total. The maximum atomic E-state index is 5.54. The van der Waals surface area contributed by atoms with Gasteiger partial charge >= 0.3 is 0 Å². The summed E-state index contributed by atoms with van der Waals surface area (Å²) in [5, 5.41) is 3.34. The Balaban J connectivity index is 2.59. The van der Waals surface area contributed by atoms with Gasteiger partial charge in [0.15, 0.2) is 0 Å². The number of benzene rings is 1. The molecule has 0 aliphatic rings. The smallest absolute Gasteiger partial charge is 0.0485 e. The molecule has 1 rings (SSSR count). The lowest BCUT2D eigenvalue weighted by Gasteiger charge is -2.12. The fraction of sp³-hybridized carbons (Fsp3) is 0.400.